The summed E-state index contributed by atoms with van der Waals surface area (Å²) in [6.45, 7) is 8.25. The van der Waals surface area contributed by atoms with Crippen molar-refractivity contribution in [3.63, 3.8) is 0 Å². The smallest absolute Gasteiger partial charge is 0.238 e. The molecule has 112 valence electrons. The maximum Gasteiger partial charge on any atom is 0.238 e. The summed E-state index contributed by atoms with van der Waals surface area (Å²) in [5, 5.41) is 2.91. The molecule has 0 aromatic heterocycles. The summed E-state index contributed by atoms with van der Waals surface area (Å²) in [7, 11) is 3.56. The summed E-state index contributed by atoms with van der Waals surface area (Å²) in [4.78, 5) is 13.8. The average molecular weight is 278 g/mol. The fraction of sp³-hybridized carbons (Fsp3) is 0.562. The highest BCUT2D eigenvalue weighted by molar-refractivity contribution is 5.92. The number of amides is 1. The molecular weight excluding hydrogens is 252 g/mol. The third-order valence-corrected chi connectivity index (χ3v) is 3.13. The lowest BCUT2D eigenvalue weighted by Crippen LogP contribution is -2.32. The number of nitrogens with one attached hydrogen (secondary N) is 1. The number of rotatable bonds is 6. The molecule has 0 aliphatic carbocycles. The molecule has 20 heavy (non-hydrogen) atoms. The molecule has 0 atom stereocenters. The standard InChI is InChI=1S/C16H26N2O2/c1-16(2,3)13-6-8-14(9-7-13)17-15(19)12-18(4)10-11-20-5/h6-9H,10-12H2,1-5H3,(H,17,19). The summed E-state index contributed by atoms with van der Waals surface area (Å²) in [5.74, 6) is -0.00730. The quantitative estimate of drug-likeness (QED) is 0.869. The van der Waals surface area contributed by atoms with Gasteiger partial charge in [-0.25, -0.2) is 0 Å². The van der Waals surface area contributed by atoms with Crippen molar-refractivity contribution >= 4 is 11.6 Å². The Bertz CT molecular complexity index is 421. The van der Waals surface area contributed by atoms with Crippen LogP contribution in [0.1, 0.15) is 26.3 Å². The summed E-state index contributed by atoms with van der Waals surface area (Å²) in [6.07, 6.45) is 0. The molecule has 1 rings (SSSR count). The average Bonchev–Trinajstić information content (AvgIpc) is 2.35. The normalized spacial score (nSPS) is 11.7. The molecule has 4 heteroatoms. The zero-order valence-electron chi connectivity index (χ0n) is 13.2. The minimum absolute atomic E-state index is 0.00730. The van der Waals surface area contributed by atoms with Gasteiger partial charge in [0.2, 0.25) is 5.91 Å². The van der Waals surface area contributed by atoms with Gasteiger partial charge in [0.15, 0.2) is 0 Å². The van der Waals surface area contributed by atoms with Crippen molar-refractivity contribution in [1.82, 2.24) is 4.90 Å². The first-order valence-corrected chi connectivity index (χ1v) is 6.91. The Hall–Kier alpha value is -1.39. The molecule has 0 bridgehead atoms. The zero-order valence-corrected chi connectivity index (χ0v) is 13.2. The molecule has 0 saturated heterocycles. The third kappa shape index (κ3) is 5.72. The van der Waals surface area contributed by atoms with Gasteiger partial charge in [-0.3, -0.25) is 9.69 Å². The molecule has 1 aromatic carbocycles. The van der Waals surface area contributed by atoms with Crippen molar-refractivity contribution < 1.29 is 9.53 Å². The van der Waals surface area contributed by atoms with Crippen LogP contribution in [0.2, 0.25) is 0 Å². The molecule has 0 aliphatic rings. The van der Waals surface area contributed by atoms with Crippen LogP contribution in [0.4, 0.5) is 5.69 Å². The molecule has 0 fully saturated rings. The van der Waals surface area contributed by atoms with Gasteiger partial charge in [-0.15, -0.1) is 0 Å². The Balaban J connectivity index is 2.50. The van der Waals surface area contributed by atoms with E-state index in [-0.39, 0.29) is 11.3 Å². The molecule has 1 aromatic rings. The largest absolute Gasteiger partial charge is 0.383 e. The molecule has 0 radical (unpaired) electrons. The van der Waals surface area contributed by atoms with Crippen LogP contribution >= 0.6 is 0 Å². The number of carbonyl (C=O) groups is 1. The van der Waals surface area contributed by atoms with E-state index in [4.69, 9.17) is 4.74 Å². The molecule has 0 aliphatic heterocycles. The topological polar surface area (TPSA) is 41.6 Å². The summed E-state index contributed by atoms with van der Waals surface area (Å²) < 4.78 is 4.98. The molecule has 0 saturated carbocycles. The molecule has 4 nitrogen and oxygen atoms in total. The first-order valence-electron chi connectivity index (χ1n) is 6.91. The van der Waals surface area contributed by atoms with E-state index >= 15 is 0 Å². The van der Waals surface area contributed by atoms with Gasteiger partial charge in [-0.05, 0) is 30.2 Å². The molecule has 1 N–H and O–H groups in total. The van der Waals surface area contributed by atoms with E-state index in [1.807, 2.05) is 24.1 Å². The second-order valence-electron chi connectivity index (χ2n) is 6.11. The van der Waals surface area contributed by atoms with Crippen molar-refractivity contribution in [2.75, 3.05) is 39.2 Å². The van der Waals surface area contributed by atoms with E-state index < -0.39 is 0 Å². The third-order valence-electron chi connectivity index (χ3n) is 3.13. The second-order valence-corrected chi connectivity index (χ2v) is 6.11. The van der Waals surface area contributed by atoms with E-state index in [0.29, 0.717) is 13.2 Å². The Morgan fingerprint density at radius 1 is 1.25 bits per heavy atom. The van der Waals surface area contributed by atoms with Crippen LogP contribution < -0.4 is 5.32 Å². The second kappa shape index (κ2) is 7.41. The lowest BCUT2D eigenvalue weighted by molar-refractivity contribution is -0.117. The lowest BCUT2D eigenvalue weighted by Gasteiger charge is -2.19. The molecule has 0 spiro atoms. The van der Waals surface area contributed by atoms with Gasteiger partial charge in [0, 0.05) is 19.3 Å². The number of carbonyl (C=O) groups excluding carboxylic acids is 1. The maximum atomic E-state index is 11.9. The maximum absolute atomic E-state index is 11.9. The van der Waals surface area contributed by atoms with Gasteiger partial charge in [-0.2, -0.15) is 0 Å². The van der Waals surface area contributed by atoms with Gasteiger partial charge in [0.25, 0.3) is 0 Å². The van der Waals surface area contributed by atoms with Crippen LogP contribution in [0, 0.1) is 0 Å². The summed E-state index contributed by atoms with van der Waals surface area (Å²) >= 11 is 0. The Labute approximate surface area is 122 Å². The molecule has 1 amide bonds. The van der Waals surface area contributed by atoms with Gasteiger partial charge in [0.05, 0.1) is 13.2 Å². The van der Waals surface area contributed by atoms with E-state index in [0.717, 1.165) is 12.2 Å². The number of hydrogen-bond donors (Lipinski definition) is 1. The van der Waals surface area contributed by atoms with Crippen LogP contribution in [0.25, 0.3) is 0 Å². The highest BCUT2D eigenvalue weighted by atomic mass is 16.5. The minimum Gasteiger partial charge on any atom is -0.383 e. The van der Waals surface area contributed by atoms with Gasteiger partial charge >= 0.3 is 0 Å². The van der Waals surface area contributed by atoms with E-state index in [1.165, 1.54) is 5.56 Å². The van der Waals surface area contributed by atoms with Crippen molar-refractivity contribution in [3.8, 4) is 0 Å². The van der Waals surface area contributed by atoms with E-state index in [2.05, 4.69) is 38.2 Å². The molecular formula is C16H26N2O2. The zero-order chi connectivity index (χ0) is 15.2. The number of methoxy groups -OCH3 is 1. The van der Waals surface area contributed by atoms with Gasteiger partial charge in [-0.1, -0.05) is 32.9 Å². The lowest BCUT2D eigenvalue weighted by atomic mass is 9.87. The van der Waals surface area contributed by atoms with Crippen LogP contribution in [0.15, 0.2) is 24.3 Å². The minimum atomic E-state index is -0.00730. The number of nitrogens with zero attached hydrogens (tertiary/aromatic N) is 1. The van der Waals surface area contributed by atoms with Gasteiger partial charge in [0.1, 0.15) is 0 Å². The van der Waals surface area contributed by atoms with Crippen LogP contribution in [0.3, 0.4) is 0 Å². The SMILES string of the molecule is COCCN(C)CC(=O)Nc1ccc(C(C)(C)C)cc1. The number of anilines is 1. The van der Waals surface area contributed by atoms with Crippen molar-refractivity contribution in [2.24, 2.45) is 0 Å². The fourth-order valence-electron chi connectivity index (χ4n) is 1.83. The van der Waals surface area contributed by atoms with Crippen LogP contribution in [0.5, 0.6) is 0 Å². The Kier molecular flexibility index (Phi) is 6.17. The van der Waals surface area contributed by atoms with Crippen LogP contribution in [-0.2, 0) is 14.9 Å². The van der Waals surface area contributed by atoms with Gasteiger partial charge < -0.3 is 10.1 Å². The monoisotopic (exact) mass is 278 g/mol. The summed E-state index contributed by atoms with van der Waals surface area (Å²) in [5.41, 5.74) is 2.22. The Morgan fingerprint density at radius 3 is 2.35 bits per heavy atom. The van der Waals surface area contributed by atoms with Crippen LogP contribution in [-0.4, -0.2) is 44.7 Å². The molecule has 0 heterocycles. The Morgan fingerprint density at radius 2 is 1.85 bits per heavy atom. The van der Waals surface area contributed by atoms with E-state index in [9.17, 15) is 4.79 Å². The number of likely N-dealkylation sites (N-methyl/N-ethyl adjacent to an activating group) is 1. The fourth-order valence-corrected chi connectivity index (χ4v) is 1.83. The van der Waals surface area contributed by atoms with Crippen molar-refractivity contribution in [2.45, 2.75) is 26.2 Å². The predicted octanol–water partition coefficient (Wildman–Crippen LogP) is 2.50. The molecule has 0 unspecified atom stereocenters. The number of hydrogen-bond acceptors (Lipinski definition) is 3. The van der Waals surface area contributed by atoms with Crippen molar-refractivity contribution in [1.29, 1.82) is 0 Å². The predicted molar refractivity (Wildman–Crippen MR) is 83.1 cm³/mol. The number of ether oxygens (including phenoxy) is 1. The highest BCUT2D eigenvalue weighted by Crippen LogP contribution is 2.23. The first-order chi connectivity index (χ1) is 9.32. The number of benzene rings is 1. The summed E-state index contributed by atoms with van der Waals surface area (Å²) in [6, 6.07) is 8.02. The van der Waals surface area contributed by atoms with E-state index in [1.54, 1.807) is 7.11 Å². The van der Waals surface area contributed by atoms with Crippen molar-refractivity contribution in [3.05, 3.63) is 29.8 Å². The highest BCUT2D eigenvalue weighted by Gasteiger charge is 2.13. The first kappa shape index (κ1) is 16.7.